The summed E-state index contributed by atoms with van der Waals surface area (Å²) in [6, 6.07) is 19.0. The lowest BCUT2D eigenvalue weighted by molar-refractivity contribution is -0.149. The molecule has 0 unspecified atom stereocenters. The summed E-state index contributed by atoms with van der Waals surface area (Å²) < 4.78 is 7.21. The molecule has 0 saturated heterocycles. The molecule has 0 aliphatic rings. The highest BCUT2D eigenvalue weighted by Crippen LogP contribution is 2.13. The smallest absolute Gasteiger partial charge is 0.332 e. The molecule has 0 bridgehead atoms. The van der Waals surface area contributed by atoms with Gasteiger partial charge < -0.3 is 35.5 Å². The highest BCUT2D eigenvalue weighted by Gasteiger charge is 2.20. The van der Waals surface area contributed by atoms with E-state index in [-0.39, 0.29) is 12.4 Å². The van der Waals surface area contributed by atoms with Crippen LogP contribution in [0.2, 0.25) is 0 Å². The van der Waals surface area contributed by atoms with Gasteiger partial charge in [0.2, 0.25) is 5.78 Å². The van der Waals surface area contributed by atoms with Crippen LogP contribution in [0.1, 0.15) is 39.7 Å². The standard InChI is InChI=1S/C25H25NO4.C4H11NO3/c1-18-7-13-22(14-8-18)24(27)23-6-4-16-26(23)15-3-5-20-9-11-21(12-10-20)17-30-19(2)25(28)29;5-4(1-6,2-7)3-8/h3-14,16,19H,15,17H2,1-2H3,(H,28,29);6-8H,1-3,5H2/t19-;/m1./s1. The molecule has 0 radical (unpaired) electrons. The number of allylic oxidation sites excluding steroid dienone is 1. The maximum atomic E-state index is 12.8. The molecule has 204 valence electrons. The fourth-order valence-corrected chi connectivity index (χ4v) is 3.10. The highest BCUT2D eigenvalue weighted by molar-refractivity contribution is 6.08. The van der Waals surface area contributed by atoms with Crippen molar-refractivity contribution < 1.29 is 34.8 Å². The van der Waals surface area contributed by atoms with Gasteiger partial charge in [-0.15, -0.1) is 0 Å². The lowest BCUT2D eigenvalue weighted by atomic mass is 10.1. The molecule has 3 rings (SSSR count). The Kier molecular flexibility index (Phi) is 12.1. The predicted octanol–water partition coefficient (Wildman–Crippen LogP) is 2.39. The summed E-state index contributed by atoms with van der Waals surface area (Å²) in [5.41, 5.74) is 8.33. The molecule has 6 N–H and O–H groups in total. The van der Waals surface area contributed by atoms with Gasteiger partial charge in [-0.25, -0.2) is 4.79 Å². The van der Waals surface area contributed by atoms with Crippen LogP contribution in [0.25, 0.3) is 6.08 Å². The quantitative estimate of drug-likeness (QED) is 0.226. The molecule has 1 atom stereocenters. The van der Waals surface area contributed by atoms with Gasteiger partial charge >= 0.3 is 5.97 Å². The maximum absolute atomic E-state index is 12.8. The number of aliphatic hydroxyl groups excluding tert-OH is 3. The van der Waals surface area contributed by atoms with E-state index in [1.54, 1.807) is 0 Å². The van der Waals surface area contributed by atoms with Crippen LogP contribution in [-0.2, 0) is 22.7 Å². The second kappa shape index (κ2) is 15.0. The van der Waals surface area contributed by atoms with Crippen LogP contribution < -0.4 is 5.73 Å². The Morgan fingerprint density at radius 2 is 1.61 bits per heavy atom. The van der Waals surface area contributed by atoms with Crippen LogP contribution in [0, 0.1) is 6.92 Å². The lowest BCUT2D eigenvalue weighted by Gasteiger charge is -2.20. The van der Waals surface area contributed by atoms with Crippen molar-refractivity contribution in [1.29, 1.82) is 0 Å². The Morgan fingerprint density at radius 1 is 1.00 bits per heavy atom. The Morgan fingerprint density at radius 3 is 2.13 bits per heavy atom. The van der Waals surface area contributed by atoms with Crippen molar-refractivity contribution >= 4 is 17.8 Å². The van der Waals surface area contributed by atoms with E-state index in [2.05, 4.69) is 0 Å². The SMILES string of the molecule is Cc1ccc(C(=O)c2cccn2CC=Cc2ccc(CO[C@H](C)C(=O)O)cc2)cc1.NC(CO)(CO)CO. The van der Waals surface area contributed by atoms with E-state index >= 15 is 0 Å². The Bertz CT molecular complexity index is 1170. The number of benzene rings is 2. The molecule has 9 heteroatoms. The van der Waals surface area contributed by atoms with Gasteiger partial charge in [-0.05, 0) is 37.1 Å². The van der Waals surface area contributed by atoms with Gasteiger partial charge in [-0.3, -0.25) is 4.79 Å². The number of carboxylic acid groups (broad SMARTS) is 1. The maximum Gasteiger partial charge on any atom is 0.332 e. The average Bonchev–Trinajstić information content (AvgIpc) is 3.40. The number of nitrogens with two attached hydrogens (primary N) is 1. The van der Waals surface area contributed by atoms with E-state index < -0.39 is 37.4 Å². The number of carbonyl (C=O) groups excluding carboxylic acids is 1. The van der Waals surface area contributed by atoms with E-state index in [0.29, 0.717) is 17.8 Å². The largest absolute Gasteiger partial charge is 0.479 e. The first-order valence-electron chi connectivity index (χ1n) is 12.1. The third-order valence-electron chi connectivity index (χ3n) is 5.76. The number of ketones is 1. The third-order valence-corrected chi connectivity index (χ3v) is 5.76. The summed E-state index contributed by atoms with van der Waals surface area (Å²) in [7, 11) is 0. The van der Waals surface area contributed by atoms with Crippen LogP contribution in [0.5, 0.6) is 0 Å². The van der Waals surface area contributed by atoms with Crippen LogP contribution in [0.4, 0.5) is 0 Å². The number of ether oxygens (including phenoxy) is 1. The van der Waals surface area contributed by atoms with E-state index in [1.807, 2.05) is 90.5 Å². The molecule has 3 aromatic rings. The molecule has 0 aliphatic heterocycles. The first-order chi connectivity index (χ1) is 18.1. The molecule has 0 saturated carbocycles. The van der Waals surface area contributed by atoms with E-state index in [0.717, 1.165) is 16.7 Å². The van der Waals surface area contributed by atoms with E-state index in [9.17, 15) is 9.59 Å². The molecule has 0 spiro atoms. The van der Waals surface area contributed by atoms with Gasteiger partial charge in [0.25, 0.3) is 0 Å². The van der Waals surface area contributed by atoms with E-state index in [1.165, 1.54) is 6.92 Å². The van der Waals surface area contributed by atoms with Crippen molar-refractivity contribution in [2.75, 3.05) is 19.8 Å². The fraction of sp³-hybridized carbons (Fsp3) is 0.310. The number of carboxylic acids is 1. The summed E-state index contributed by atoms with van der Waals surface area (Å²) in [5, 5.41) is 33.9. The van der Waals surface area contributed by atoms with Gasteiger partial charge in [0.05, 0.1) is 37.7 Å². The fourth-order valence-electron chi connectivity index (χ4n) is 3.10. The summed E-state index contributed by atoms with van der Waals surface area (Å²) in [6.07, 6.45) is 5.06. The number of aryl methyl sites for hydroxylation is 1. The van der Waals surface area contributed by atoms with Gasteiger partial charge in [0.15, 0.2) is 6.10 Å². The lowest BCUT2D eigenvalue weighted by Crippen LogP contribution is -2.50. The summed E-state index contributed by atoms with van der Waals surface area (Å²) >= 11 is 0. The Hall–Kier alpha value is -3.60. The minimum absolute atomic E-state index is 0.00772. The average molecular weight is 525 g/mol. The van der Waals surface area contributed by atoms with Gasteiger partial charge in [0.1, 0.15) is 0 Å². The van der Waals surface area contributed by atoms with Crippen molar-refractivity contribution in [1.82, 2.24) is 4.57 Å². The van der Waals surface area contributed by atoms with Crippen LogP contribution >= 0.6 is 0 Å². The van der Waals surface area contributed by atoms with Crippen molar-refractivity contribution in [3.8, 4) is 0 Å². The van der Waals surface area contributed by atoms with Crippen LogP contribution in [0.15, 0.2) is 72.9 Å². The molecule has 0 aliphatic carbocycles. The van der Waals surface area contributed by atoms with Gasteiger partial charge in [0, 0.05) is 18.3 Å². The highest BCUT2D eigenvalue weighted by atomic mass is 16.5. The van der Waals surface area contributed by atoms with Crippen molar-refractivity contribution in [3.05, 3.63) is 101 Å². The number of rotatable bonds is 12. The Balaban J connectivity index is 0.000000550. The first kappa shape index (κ1) is 30.6. The Labute approximate surface area is 222 Å². The number of carbonyl (C=O) groups is 2. The third kappa shape index (κ3) is 9.37. The zero-order valence-electron chi connectivity index (χ0n) is 21.7. The van der Waals surface area contributed by atoms with Crippen LogP contribution in [-0.4, -0.2) is 68.2 Å². The summed E-state index contributed by atoms with van der Waals surface area (Å²) in [4.78, 5) is 23.6. The van der Waals surface area contributed by atoms with Crippen molar-refractivity contribution in [2.24, 2.45) is 5.73 Å². The summed E-state index contributed by atoms with van der Waals surface area (Å²) in [5.74, 6) is -0.965. The molecule has 2 aromatic carbocycles. The van der Waals surface area contributed by atoms with Crippen LogP contribution in [0.3, 0.4) is 0 Å². The van der Waals surface area contributed by atoms with E-state index in [4.69, 9.17) is 30.9 Å². The molecule has 1 aromatic heterocycles. The molecule has 0 fully saturated rings. The molecule has 1 heterocycles. The second-order valence-corrected chi connectivity index (χ2v) is 9.01. The number of hydrogen-bond donors (Lipinski definition) is 5. The number of aromatic nitrogens is 1. The first-order valence-corrected chi connectivity index (χ1v) is 12.1. The van der Waals surface area contributed by atoms with Crippen molar-refractivity contribution in [3.63, 3.8) is 0 Å². The van der Waals surface area contributed by atoms with Crippen molar-refractivity contribution in [2.45, 2.75) is 38.6 Å². The molecule has 38 heavy (non-hydrogen) atoms. The second-order valence-electron chi connectivity index (χ2n) is 9.01. The summed E-state index contributed by atoms with van der Waals surface area (Å²) in [6.45, 7) is 3.14. The van der Waals surface area contributed by atoms with Gasteiger partial charge in [-0.2, -0.15) is 0 Å². The number of aliphatic hydroxyl groups is 3. The monoisotopic (exact) mass is 524 g/mol. The number of aliphatic carboxylic acids is 1. The number of hydrogen-bond acceptors (Lipinski definition) is 7. The number of nitrogens with zero attached hydrogens (tertiary/aromatic N) is 1. The predicted molar refractivity (Wildman–Crippen MR) is 145 cm³/mol. The zero-order chi connectivity index (χ0) is 28.1. The zero-order valence-corrected chi connectivity index (χ0v) is 21.7. The molecule has 0 amide bonds. The normalized spacial score (nSPS) is 12.2. The van der Waals surface area contributed by atoms with Gasteiger partial charge in [-0.1, -0.05) is 66.2 Å². The minimum Gasteiger partial charge on any atom is -0.479 e. The minimum atomic E-state index is -1.21. The molecule has 9 nitrogen and oxygen atoms in total. The topological polar surface area (TPSA) is 155 Å². The molecular weight excluding hydrogens is 488 g/mol. The molecular formula is C29H36N2O7.